The largest absolute Gasteiger partial charge is 0.286 e. The minimum Gasteiger partial charge on any atom is -0.286 e. The molecule has 1 saturated heterocycles. The number of benzene rings is 1. The predicted octanol–water partition coefficient (Wildman–Crippen LogP) is 4.19. The number of amides is 2. The Balaban J connectivity index is 1.59. The third-order valence-corrected chi connectivity index (χ3v) is 6.79. The molecular weight excluding hydrogens is 370 g/mol. The molecule has 0 aromatic heterocycles. The Kier molecular flexibility index (Phi) is 5.94. The maximum absolute atomic E-state index is 13.4. The quantitative estimate of drug-likeness (QED) is 0.421. The third kappa shape index (κ3) is 4.06. The molecule has 1 aromatic carbocycles. The van der Waals surface area contributed by atoms with E-state index in [4.69, 9.17) is 0 Å². The van der Waals surface area contributed by atoms with Crippen molar-refractivity contribution in [2.45, 2.75) is 88.8 Å². The topological polar surface area (TPSA) is 83.8 Å². The number of rotatable bonds is 5. The first-order valence-electron chi connectivity index (χ1n) is 10.9. The second-order valence-electron chi connectivity index (χ2n) is 8.59. The SMILES string of the molecule is O=C1CC(N(C2CCCCC2)C2CCCCC2)C(=O)N1c1ccc([N+](=O)[O-])cc1. The zero-order valence-corrected chi connectivity index (χ0v) is 16.8. The summed E-state index contributed by atoms with van der Waals surface area (Å²) >= 11 is 0. The van der Waals surface area contributed by atoms with Gasteiger partial charge >= 0.3 is 0 Å². The van der Waals surface area contributed by atoms with Gasteiger partial charge < -0.3 is 0 Å². The van der Waals surface area contributed by atoms with Gasteiger partial charge in [0.25, 0.3) is 11.6 Å². The van der Waals surface area contributed by atoms with Crippen molar-refractivity contribution in [2.24, 2.45) is 0 Å². The lowest BCUT2D eigenvalue weighted by molar-refractivity contribution is -0.384. The van der Waals surface area contributed by atoms with Crippen LogP contribution >= 0.6 is 0 Å². The summed E-state index contributed by atoms with van der Waals surface area (Å²) in [4.78, 5) is 40.3. The van der Waals surface area contributed by atoms with Gasteiger partial charge in [-0.05, 0) is 37.8 Å². The standard InChI is InChI=1S/C22H29N3O4/c26-21-15-20(22(27)24(21)18-11-13-19(14-12-18)25(28)29)23(16-7-3-1-4-8-16)17-9-5-2-6-10-17/h11-14,16-17,20H,1-10,15H2. The summed E-state index contributed by atoms with van der Waals surface area (Å²) in [7, 11) is 0. The number of carbonyl (C=O) groups excluding carboxylic acids is 2. The van der Waals surface area contributed by atoms with Crippen LogP contribution in [0.5, 0.6) is 0 Å². The molecule has 3 aliphatic rings. The highest BCUT2D eigenvalue weighted by atomic mass is 16.6. The minimum absolute atomic E-state index is 0.0459. The van der Waals surface area contributed by atoms with E-state index in [0.717, 1.165) is 25.7 Å². The van der Waals surface area contributed by atoms with E-state index < -0.39 is 11.0 Å². The molecule has 2 amide bonds. The van der Waals surface area contributed by atoms with Gasteiger partial charge in [0, 0.05) is 24.2 Å². The van der Waals surface area contributed by atoms with E-state index in [1.807, 2.05) is 0 Å². The Morgan fingerprint density at radius 1 is 0.862 bits per heavy atom. The van der Waals surface area contributed by atoms with Gasteiger partial charge in [0.05, 0.1) is 23.1 Å². The number of imide groups is 1. The monoisotopic (exact) mass is 399 g/mol. The summed E-state index contributed by atoms with van der Waals surface area (Å²) in [5, 5.41) is 10.9. The molecule has 1 aromatic rings. The molecule has 1 atom stereocenters. The van der Waals surface area contributed by atoms with E-state index in [-0.39, 0.29) is 23.9 Å². The Morgan fingerprint density at radius 2 is 1.38 bits per heavy atom. The van der Waals surface area contributed by atoms with Crippen molar-refractivity contribution in [3.63, 3.8) is 0 Å². The lowest BCUT2D eigenvalue weighted by Crippen LogP contribution is -2.53. The first kappa shape index (κ1) is 20.0. The van der Waals surface area contributed by atoms with E-state index in [0.29, 0.717) is 17.8 Å². The number of nitro groups is 1. The zero-order valence-electron chi connectivity index (χ0n) is 16.8. The van der Waals surface area contributed by atoms with Crippen molar-refractivity contribution >= 4 is 23.2 Å². The summed E-state index contributed by atoms with van der Waals surface area (Å²) in [5.74, 6) is -0.370. The highest BCUT2D eigenvalue weighted by Crippen LogP contribution is 2.36. The van der Waals surface area contributed by atoms with Crippen LogP contribution in [0.1, 0.15) is 70.6 Å². The van der Waals surface area contributed by atoms with E-state index in [1.54, 1.807) is 0 Å². The van der Waals surface area contributed by atoms with Crippen LogP contribution in [-0.2, 0) is 9.59 Å². The molecule has 3 fully saturated rings. The molecule has 2 aliphatic carbocycles. The molecule has 7 heteroatoms. The van der Waals surface area contributed by atoms with Crippen molar-refractivity contribution in [1.29, 1.82) is 0 Å². The number of hydrogen-bond acceptors (Lipinski definition) is 5. The van der Waals surface area contributed by atoms with E-state index in [1.165, 1.54) is 67.7 Å². The molecular formula is C22H29N3O4. The number of nitro benzene ring substituents is 1. The van der Waals surface area contributed by atoms with Crippen LogP contribution in [0.15, 0.2) is 24.3 Å². The van der Waals surface area contributed by atoms with Crippen LogP contribution in [-0.4, -0.2) is 39.8 Å². The van der Waals surface area contributed by atoms with Gasteiger partial charge in [0.1, 0.15) is 0 Å². The van der Waals surface area contributed by atoms with Gasteiger partial charge in [-0.2, -0.15) is 0 Å². The predicted molar refractivity (Wildman–Crippen MR) is 110 cm³/mol. The first-order chi connectivity index (χ1) is 14.1. The minimum atomic E-state index is -0.478. The maximum atomic E-state index is 13.4. The average Bonchev–Trinajstić information content (AvgIpc) is 3.03. The fourth-order valence-corrected chi connectivity index (χ4v) is 5.41. The van der Waals surface area contributed by atoms with Crippen LogP contribution in [0, 0.1) is 10.1 Å². The van der Waals surface area contributed by atoms with Crippen LogP contribution in [0.4, 0.5) is 11.4 Å². The number of non-ortho nitro benzene ring substituents is 1. The molecule has 156 valence electrons. The number of nitrogens with zero attached hydrogens (tertiary/aromatic N) is 3. The number of hydrogen-bond donors (Lipinski definition) is 0. The summed E-state index contributed by atoms with van der Waals surface area (Å²) in [5.41, 5.74) is 0.385. The first-order valence-corrected chi connectivity index (χ1v) is 10.9. The smallest absolute Gasteiger partial charge is 0.269 e. The lowest BCUT2D eigenvalue weighted by Gasteiger charge is -2.44. The van der Waals surface area contributed by atoms with Crippen LogP contribution < -0.4 is 4.90 Å². The normalized spacial score (nSPS) is 24.4. The number of carbonyl (C=O) groups is 2. The Labute approximate surface area is 171 Å². The molecule has 29 heavy (non-hydrogen) atoms. The highest BCUT2D eigenvalue weighted by molar-refractivity contribution is 6.22. The number of anilines is 1. The molecule has 0 N–H and O–H groups in total. The summed E-state index contributed by atoms with van der Waals surface area (Å²) in [6.07, 6.45) is 11.9. The molecule has 1 heterocycles. The van der Waals surface area contributed by atoms with Crippen LogP contribution in [0.2, 0.25) is 0 Å². The van der Waals surface area contributed by atoms with E-state index in [9.17, 15) is 19.7 Å². The van der Waals surface area contributed by atoms with Gasteiger partial charge in [-0.15, -0.1) is 0 Å². The molecule has 0 bridgehead atoms. The molecule has 1 aliphatic heterocycles. The Morgan fingerprint density at radius 3 is 1.86 bits per heavy atom. The van der Waals surface area contributed by atoms with Crippen molar-refractivity contribution in [2.75, 3.05) is 4.90 Å². The molecule has 0 spiro atoms. The lowest BCUT2D eigenvalue weighted by atomic mass is 9.87. The summed E-state index contributed by atoms with van der Waals surface area (Å²) in [6.45, 7) is 0. The fraction of sp³-hybridized carbons (Fsp3) is 0.636. The molecule has 2 saturated carbocycles. The van der Waals surface area contributed by atoms with Gasteiger partial charge in [-0.1, -0.05) is 38.5 Å². The molecule has 7 nitrogen and oxygen atoms in total. The Hall–Kier alpha value is -2.28. The van der Waals surface area contributed by atoms with Crippen molar-refractivity contribution in [3.05, 3.63) is 34.4 Å². The van der Waals surface area contributed by atoms with Gasteiger partial charge in [-0.3, -0.25) is 24.6 Å². The zero-order chi connectivity index (χ0) is 20.4. The van der Waals surface area contributed by atoms with Crippen molar-refractivity contribution in [1.82, 2.24) is 4.90 Å². The molecule has 1 unspecified atom stereocenters. The second-order valence-corrected chi connectivity index (χ2v) is 8.59. The Bertz CT molecular complexity index is 749. The van der Waals surface area contributed by atoms with E-state index in [2.05, 4.69) is 4.90 Å². The van der Waals surface area contributed by atoms with E-state index >= 15 is 0 Å². The van der Waals surface area contributed by atoms with Crippen LogP contribution in [0.3, 0.4) is 0 Å². The molecule has 4 rings (SSSR count). The van der Waals surface area contributed by atoms with Crippen LogP contribution in [0.25, 0.3) is 0 Å². The third-order valence-electron chi connectivity index (χ3n) is 6.79. The van der Waals surface area contributed by atoms with Gasteiger partial charge in [-0.25, -0.2) is 4.90 Å². The van der Waals surface area contributed by atoms with Gasteiger partial charge in [0.15, 0.2) is 0 Å². The highest BCUT2D eigenvalue weighted by Gasteiger charge is 2.46. The maximum Gasteiger partial charge on any atom is 0.269 e. The van der Waals surface area contributed by atoms with Gasteiger partial charge in [0.2, 0.25) is 5.91 Å². The van der Waals surface area contributed by atoms with Crippen molar-refractivity contribution < 1.29 is 14.5 Å². The summed E-state index contributed by atoms with van der Waals surface area (Å²) in [6, 6.07) is 6.07. The average molecular weight is 399 g/mol. The summed E-state index contributed by atoms with van der Waals surface area (Å²) < 4.78 is 0. The van der Waals surface area contributed by atoms with Crippen molar-refractivity contribution in [3.8, 4) is 0 Å². The second kappa shape index (κ2) is 8.61. The fourth-order valence-electron chi connectivity index (χ4n) is 5.41. The molecule has 0 radical (unpaired) electrons.